The highest BCUT2D eigenvalue weighted by Gasteiger charge is 2.12. The Bertz CT molecular complexity index is 535. The molecule has 0 unspecified atom stereocenters. The Morgan fingerprint density at radius 2 is 1.82 bits per heavy atom. The van der Waals surface area contributed by atoms with Gasteiger partial charge in [0.05, 0.1) is 7.11 Å². The van der Waals surface area contributed by atoms with Gasteiger partial charge in [0.1, 0.15) is 5.75 Å². The number of hydrogen-bond acceptors (Lipinski definition) is 3. The minimum absolute atomic E-state index is 0.0954. The van der Waals surface area contributed by atoms with Crippen molar-refractivity contribution in [1.29, 1.82) is 0 Å². The van der Waals surface area contributed by atoms with Gasteiger partial charge >= 0.3 is 0 Å². The van der Waals surface area contributed by atoms with Gasteiger partial charge in [-0.1, -0.05) is 30.3 Å². The molecule has 0 fully saturated rings. The van der Waals surface area contributed by atoms with Crippen LogP contribution in [0.5, 0.6) is 5.75 Å². The van der Waals surface area contributed by atoms with Gasteiger partial charge in [0.15, 0.2) is 5.78 Å². The minimum atomic E-state index is -0.0954. The minimum Gasteiger partial charge on any atom is -0.497 e. The Morgan fingerprint density at radius 3 is 2.47 bits per heavy atom. The van der Waals surface area contributed by atoms with E-state index in [1.807, 2.05) is 18.2 Å². The van der Waals surface area contributed by atoms with E-state index in [2.05, 4.69) is 0 Å². The van der Waals surface area contributed by atoms with E-state index < -0.39 is 0 Å². The van der Waals surface area contributed by atoms with Crippen molar-refractivity contribution in [3.63, 3.8) is 0 Å². The first-order valence-electron chi connectivity index (χ1n) is 5.25. The molecule has 0 aliphatic rings. The Balaban J connectivity index is 2.44. The lowest BCUT2D eigenvalue weighted by atomic mass is 10.0. The van der Waals surface area contributed by atoms with Crippen molar-refractivity contribution >= 4 is 11.5 Å². The zero-order chi connectivity index (χ0) is 12.3. The van der Waals surface area contributed by atoms with E-state index in [0.29, 0.717) is 22.6 Å². The first kappa shape index (κ1) is 11.2. The fourth-order valence-electron chi connectivity index (χ4n) is 1.60. The molecule has 0 aliphatic heterocycles. The van der Waals surface area contributed by atoms with E-state index in [1.54, 1.807) is 37.4 Å². The van der Waals surface area contributed by atoms with Gasteiger partial charge in [-0.05, 0) is 18.2 Å². The molecule has 0 spiro atoms. The van der Waals surface area contributed by atoms with Crippen LogP contribution in [0.1, 0.15) is 15.9 Å². The second-order valence-electron chi connectivity index (χ2n) is 3.65. The molecule has 2 N–H and O–H groups in total. The number of rotatable bonds is 3. The fourth-order valence-corrected chi connectivity index (χ4v) is 1.60. The predicted octanol–water partition coefficient (Wildman–Crippen LogP) is 2.51. The third kappa shape index (κ3) is 2.28. The lowest BCUT2D eigenvalue weighted by Crippen LogP contribution is -2.05. The molecule has 2 aromatic carbocycles. The second kappa shape index (κ2) is 4.70. The molecule has 2 aromatic rings. The van der Waals surface area contributed by atoms with Crippen LogP contribution >= 0.6 is 0 Å². The van der Waals surface area contributed by atoms with Gasteiger partial charge in [-0.25, -0.2) is 0 Å². The van der Waals surface area contributed by atoms with Gasteiger partial charge in [0.25, 0.3) is 0 Å². The first-order valence-corrected chi connectivity index (χ1v) is 5.25. The van der Waals surface area contributed by atoms with Crippen molar-refractivity contribution in [1.82, 2.24) is 0 Å². The quantitative estimate of drug-likeness (QED) is 0.647. The molecule has 0 saturated carbocycles. The molecule has 0 radical (unpaired) electrons. The van der Waals surface area contributed by atoms with Gasteiger partial charge in [-0.2, -0.15) is 0 Å². The predicted molar refractivity (Wildman–Crippen MR) is 67.3 cm³/mol. The Hall–Kier alpha value is -2.29. The Labute approximate surface area is 99.8 Å². The molecule has 3 nitrogen and oxygen atoms in total. The molecule has 86 valence electrons. The highest BCUT2D eigenvalue weighted by atomic mass is 16.5. The topological polar surface area (TPSA) is 52.3 Å². The van der Waals surface area contributed by atoms with E-state index in [9.17, 15) is 4.79 Å². The van der Waals surface area contributed by atoms with Gasteiger partial charge < -0.3 is 10.5 Å². The average molecular weight is 227 g/mol. The standard InChI is InChI=1S/C14H13NO2/c1-17-11-7-8-13(15)12(9-11)14(16)10-5-3-2-4-6-10/h2-9H,15H2,1H3. The summed E-state index contributed by atoms with van der Waals surface area (Å²) in [5, 5.41) is 0. The summed E-state index contributed by atoms with van der Waals surface area (Å²) in [5.41, 5.74) is 7.35. The number of nitrogens with two attached hydrogens (primary N) is 1. The van der Waals surface area contributed by atoms with Crippen molar-refractivity contribution in [2.75, 3.05) is 12.8 Å². The summed E-state index contributed by atoms with van der Waals surface area (Å²) >= 11 is 0. The SMILES string of the molecule is COc1ccc(N)c(C(=O)c2ccccc2)c1. The number of hydrogen-bond donors (Lipinski definition) is 1. The third-order valence-electron chi connectivity index (χ3n) is 2.54. The maximum absolute atomic E-state index is 12.2. The molecule has 0 atom stereocenters. The molecule has 17 heavy (non-hydrogen) atoms. The number of carbonyl (C=O) groups is 1. The fraction of sp³-hybridized carbons (Fsp3) is 0.0714. The number of carbonyl (C=O) groups excluding carboxylic acids is 1. The van der Waals surface area contributed by atoms with Gasteiger partial charge in [0.2, 0.25) is 0 Å². The molecule has 0 amide bonds. The van der Waals surface area contributed by atoms with Crippen LogP contribution in [-0.4, -0.2) is 12.9 Å². The molecule has 0 aromatic heterocycles. The lowest BCUT2D eigenvalue weighted by Gasteiger charge is -2.07. The molecular weight excluding hydrogens is 214 g/mol. The van der Waals surface area contributed by atoms with Crippen molar-refractivity contribution in [2.45, 2.75) is 0 Å². The number of methoxy groups -OCH3 is 1. The summed E-state index contributed by atoms with van der Waals surface area (Å²) < 4.78 is 5.09. The van der Waals surface area contributed by atoms with Crippen LogP contribution in [-0.2, 0) is 0 Å². The van der Waals surface area contributed by atoms with Gasteiger partial charge in [-0.3, -0.25) is 4.79 Å². The molecular formula is C14H13NO2. The summed E-state index contributed by atoms with van der Waals surface area (Å²) in [4.78, 5) is 12.2. The molecule has 3 heteroatoms. The van der Waals surface area contributed by atoms with E-state index in [4.69, 9.17) is 10.5 Å². The van der Waals surface area contributed by atoms with Crippen molar-refractivity contribution in [2.24, 2.45) is 0 Å². The highest BCUT2D eigenvalue weighted by molar-refractivity contribution is 6.12. The molecule has 2 rings (SSSR count). The van der Waals surface area contributed by atoms with Crippen LogP contribution in [0.2, 0.25) is 0 Å². The van der Waals surface area contributed by atoms with E-state index >= 15 is 0 Å². The number of ketones is 1. The van der Waals surface area contributed by atoms with Gasteiger partial charge in [0, 0.05) is 16.8 Å². The Morgan fingerprint density at radius 1 is 1.12 bits per heavy atom. The van der Waals surface area contributed by atoms with Crippen molar-refractivity contribution < 1.29 is 9.53 Å². The first-order chi connectivity index (χ1) is 8.22. The normalized spacial score (nSPS) is 9.94. The lowest BCUT2D eigenvalue weighted by molar-refractivity contribution is 0.103. The summed E-state index contributed by atoms with van der Waals surface area (Å²) in [6, 6.07) is 14.1. The largest absolute Gasteiger partial charge is 0.497 e. The van der Waals surface area contributed by atoms with Crippen LogP contribution < -0.4 is 10.5 Å². The molecule has 0 saturated heterocycles. The molecule has 0 heterocycles. The highest BCUT2D eigenvalue weighted by Crippen LogP contribution is 2.22. The van der Waals surface area contributed by atoms with E-state index in [0.717, 1.165) is 0 Å². The Kier molecular flexibility index (Phi) is 3.10. The smallest absolute Gasteiger partial charge is 0.195 e. The number of nitrogen functional groups attached to an aromatic ring is 1. The third-order valence-corrected chi connectivity index (χ3v) is 2.54. The zero-order valence-corrected chi connectivity index (χ0v) is 9.51. The van der Waals surface area contributed by atoms with Crippen LogP contribution in [0.15, 0.2) is 48.5 Å². The molecule has 0 bridgehead atoms. The second-order valence-corrected chi connectivity index (χ2v) is 3.65. The number of anilines is 1. The maximum Gasteiger partial charge on any atom is 0.195 e. The maximum atomic E-state index is 12.2. The summed E-state index contributed by atoms with van der Waals surface area (Å²) in [7, 11) is 1.56. The van der Waals surface area contributed by atoms with Crippen LogP contribution in [0, 0.1) is 0 Å². The van der Waals surface area contributed by atoms with E-state index in [-0.39, 0.29) is 5.78 Å². The van der Waals surface area contributed by atoms with Crippen LogP contribution in [0.3, 0.4) is 0 Å². The average Bonchev–Trinajstić information content (AvgIpc) is 2.39. The van der Waals surface area contributed by atoms with Crippen LogP contribution in [0.25, 0.3) is 0 Å². The monoisotopic (exact) mass is 227 g/mol. The van der Waals surface area contributed by atoms with Crippen molar-refractivity contribution in [3.8, 4) is 5.75 Å². The zero-order valence-electron chi connectivity index (χ0n) is 9.51. The summed E-state index contributed by atoms with van der Waals surface area (Å²) in [6.45, 7) is 0. The summed E-state index contributed by atoms with van der Waals surface area (Å²) in [6.07, 6.45) is 0. The van der Waals surface area contributed by atoms with Crippen molar-refractivity contribution in [3.05, 3.63) is 59.7 Å². The number of ether oxygens (including phenoxy) is 1. The van der Waals surface area contributed by atoms with Crippen LogP contribution in [0.4, 0.5) is 5.69 Å². The van der Waals surface area contributed by atoms with E-state index in [1.165, 1.54) is 0 Å². The van der Waals surface area contributed by atoms with Gasteiger partial charge in [-0.15, -0.1) is 0 Å². The summed E-state index contributed by atoms with van der Waals surface area (Å²) in [5.74, 6) is 0.528. The number of benzene rings is 2. The molecule has 0 aliphatic carbocycles.